The highest BCUT2D eigenvalue weighted by atomic mass is 35.5. The highest BCUT2D eigenvalue weighted by Crippen LogP contribution is 2.49. The van der Waals surface area contributed by atoms with Gasteiger partial charge in [0.15, 0.2) is 17.2 Å². The average molecular weight is 602 g/mol. The van der Waals surface area contributed by atoms with Gasteiger partial charge in [-0.15, -0.1) is 0 Å². The first-order chi connectivity index (χ1) is 19.4. The van der Waals surface area contributed by atoms with E-state index in [1.807, 2.05) is 16.7 Å². The van der Waals surface area contributed by atoms with Crippen LogP contribution in [0, 0.1) is 5.82 Å². The number of hydrogen-bond acceptors (Lipinski definition) is 6. The number of carbonyl (C=O) groups is 1. The summed E-state index contributed by atoms with van der Waals surface area (Å²) in [6, 6.07) is 11.4. The van der Waals surface area contributed by atoms with E-state index in [0.29, 0.717) is 41.1 Å². The van der Waals surface area contributed by atoms with Crippen molar-refractivity contribution in [1.29, 1.82) is 0 Å². The monoisotopic (exact) mass is 601 g/mol. The molecule has 2 aliphatic heterocycles. The number of nitrogens with zero attached hydrogens (tertiary/aromatic N) is 3. The van der Waals surface area contributed by atoms with Gasteiger partial charge in [0.1, 0.15) is 18.4 Å². The van der Waals surface area contributed by atoms with Crippen LogP contribution >= 0.6 is 11.6 Å². The van der Waals surface area contributed by atoms with Gasteiger partial charge in [-0.25, -0.2) is 14.2 Å². The van der Waals surface area contributed by atoms with E-state index in [-0.39, 0.29) is 18.3 Å². The molecule has 1 aromatic heterocycles. The Morgan fingerprint density at radius 1 is 1.22 bits per heavy atom. The number of benzene rings is 2. The zero-order chi connectivity index (χ0) is 29.4. The molecular weight excluding hydrogens is 565 g/mol. The zero-order valence-corrected chi connectivity index (χ0v) is 25.7. The normalized spacial score (nSPS) is 19.6. The molecule has 1 atom stereocenters. The first-order valence-corrected chi connectivity index (χ1v) is 18.1. The number of rotatable bonds is 10. The number of hydrogen-bond donors (Lipinski definition) is 1. The van der Waals surface area contributed by atoms with Crippen LogP contribution in [0.5, 0.6) is 11.5 Å². The molecule has 0 amide bonds. The van der Waals surface area contributed by atoms with E-state index in [9.17, 15) is 14.3 Å². The van der Waals surface area contributed by atoms with E-state index < -0.39 is 25.6 Å². The third kappa shape index (κ3) is 6.77. The largest absolute Gasteiger partial charge is 0.476 e. The van der Waals surface area contributed by atoms with E-state index in [1.54, 1.807) is 25.3 Å². The lowest BCUT2D eigenvalue weighted by molar-refractivity contribution is -0.0712. The quantitative estimate of drug-likeness (QED) is 0.204. The molecule has 8 nitrogen and oxygen atoms in total. The van der Waals surface area contributed by atoms with Crippen molar-refractivity contribution in [3.8, 4) is 11.5 Å². The second-order valence-electron chi connectivity index (χ2n) is 12.2. The minimum absolute atomic E-state index is 0.0286. The molecule has 3 aromatic rings. The molecule has 1 saturated heterocycles. The lowest BCUT2D eigenvalue weighted by atomic mass is 9.88. The number of aromatic nitrogens is 2. The van der Waals surface area contributed by atoms with Crippen molar-refractivity contribution in [1.82, 2.24) is 14.5 Å². The smallest absolute Gasteiger partial charge is 0.356 e. The number of carboxylic acid groups (broad SMARTS) is 1. The summed E-state index contributed by atoms with van der Waals surface area (Å²) >= 11 is 5.95. The minimum Gasteiger partial charge on any atom is -0.476 e. The lowest BCUT2D eigenvalue weighted by Crippen LogP contribution is -2.34. The fourth-order valence-corrected chi connectivity index (χ4v) is 6.29. The summed E-state index contributed by atoms with van der Waals surface area (Å²) in [5.74, 6) is -0.637. The summed E-state index contributed by atoms with van der Waals surface area (Å²) in [6.07, 6.45) is 3.32. The Morgan fingerprint density at radius 2 is 1.98 bits per heavy atom. The molecule has 2 aliphatic rings. The van der Waals surface area contributed by atoms with Gasteiger partial charge in [0.25, 0.3) is 5.79 Å². The van der Waals surface area contributed by atoms with Crippen LogP contribution in [0.25, 0.3) is 0 Å². The third-order valence-electron chi connectivity index (χ3n) is 7.73. The highest BCUT2D eigenvalue weighted by molar-refractivity contribution is 6.76. The first-order valence-electron chi connectivity index (χ1n) is 14.0. The Kier molecular flexibility index (Phi) is 8.48. The number of ether oxygens (including phenoxy) is 3. The number of halogens is 2. The number of imidazole rings is 1. The van der Waals surface area contributed by atoms with Gasteiger partial charge >= 0.3 is 5.97 Å². The Hall–Kier alpha value is -2.92. The van der Waals surface area contributed by atoms with Gasteiger partial charge < -0.3 is 23.9 Å². The minimum atomic E-state index is -1.29. The molecule has 0 radical (unpaired) electrons. The Bertz CT molecular complexity index is 1420. The van der Waals surface area contributed by atoms with Crippen molar-refractivity contribution >= 4 is 25.6 Å². The van der Waals surface area contributed by atoms with E-state index in [0.717, 1.165) is 37.5 Å². The fourth-order valence-electron chi connectivity index (χ4n) is 5.38. The maximum atomic E-state index is 14.8. The molecule has 41 heavy (non-hydrogen) atoms. The number of carboxylic acids is 1. The summed E-state index contributed by atoms with van der Waals surface area (Å²) in [5, 5.41) is 9.82. The molecule has 5 rings (SSSR count). The van der Waals surface area contributed by atoms with E-state index in [1.165, 1.54) is 6.07 Å². The maximum absolute atomic E-state index is 14.8. The molecule has 1 fully saturated rings. The molecule has 1 N–H and O–H groups in total. The molecule has 0 spiro atoms. The maximum Gasteiger partial charge on any atom is 0.356 e. The summed E-state index contributed by atoms with van der Waals surface area (Å²) < 4.78 is 34.9. The van der Waals surface area contributed by atoms with Gasteiger partial charge in [-0.3, -0.25) is 4.90 Å². The molecule has 11 heteroatoms. The second-order valence-corrected chi connectivity index (χ2v) is 18.2. The Morgan fingerprint density at radius 3 is 2.66 bits per heavy atom. The van der Waals surface area contributed by atoms with E-state index >= 15 is 0 Å². The summed E-state index contributed by atoms with van der Waals surface area (Å²) in [4.78, 5) is 18.3. The summed E-state index contributed by atoms with van der Waals surface area (Å²) in [7, 11) is -1.22. The summed E-state index contributed by atoms with van der Waals surface area (Å²) in [5.41, 5.74) is 1.37. The number of piperidine rings is 1. The van der Waals surface area contributed by atoms with Crippen molar-refractivity contribution in [3.63, 3.8) is 0 Å². The zero-order valence-electron chi connectivity index (χ0n) is 24.0. The SMILES string of the molecule is C[C@]1(c2ccc(Cl)cc2F)Oc2cccc(C3CCN(Cc4nc(C(=O)O)cn4COCC[Si](C)(C)C)CC3)c2O1. The van der Waals surface area contributed by atoms with Crippen molar-refractivity contribution in [2.45, 2.75) is 70.4 Å². The number of aromatic carboxylic acids is 1. The molecule has 2 aromatic carbocycles. The molecular formula is C30H37ClFN3O5Si. The number of fused-ring (bicyclic) bond motifs is 1. The Labute approximate surface area is 246 Å². The number of para-hydroxylation sites is 1. The van der Waals surface area contributed by atoms with Crippen LogP contribution < -0.4 is 9.47 Å². The van der Waals surface area contributed by atoms with Crippen LogP contribution in [0.3, 0.4) is 0 Å². The number of likely N-dealkylation sites (tertiary alicyclic amines) is 1. The van der Waals surface area contributed by atoms with Gasteiger partial charge in [0.05, 0.1) is 12.1 Å². The van der Waals surface area contributed by atoms with Crippen LogP contribution in [0.4, 0.5) is 4.39 Å². The third-order valence-corrected chi connectivity index (χ3v) is 9.67. The highest BCUT2D eigenvalue weighted by Gasteiger charge is 2.43. The van der Waals surface area contributed by atoms with Gasteiger partial charge in [-0.05, 0) is 62.2 Å². The topological polar surface area (TPSA) is 86.1 Å². The van der Waals surface area contributed by atoms with Gasteiger partial charge in [0.2, 0.25) is 0 Å². The van der Waals surface area contributed by atoms with Crippen LogP contribution in [0.15, 0.2) is 42.6 Å². The first kappa shape index (κ1) is 29.6. The van der Waals surface area contributed by atoms with Gasteiger partial charge in [-0.1, -0.05) is 43.4 Å². The standard InChI is InChI=1S/C30H37ClFN3O5Si/c1-30(23-9-8-21(31)16-24(23)32)39-26-7-5-6-22(28(26)40-30)20-10-12-34(13-11-20)18-27-33-25(29(36)37)17-35(27)19-38-14-15-41(2,3)4/h5-9,16-17,20H,10-15,18-19H2,1-4H3,(H,36,37)/t30-/m0/s1. The van der Waals surface area contributed by atoms with Crippen LogP contribution in [0.1, 0.15) is 53.1 Å². The van der Waals surface area contributed by atoms with Crippen molar-refractivity contribution in [3.05, 3.63) is 76.1 Å². The average Bonchev–Trinajstić information content (AvgIpc) is 3.47. The molecule has 0 saturated carbocycles. The molecule has 0 bridgehead atoms. The van der Waals surface area contributed by atoms with Crippen molar-refractivity contribution in [2.24, 2.45) is 0 Å². The predicted molar refractivity (Wildman–Crippen MR) is 157 cm³/mol. The van der Waals surface area contributed by atoms with E-state index in [2.05, 4.69) is 35.6 Å². The molecule has 0 unspecified atom stereocenters. The van der Waals surface area contributed by atoms with Crippen molar-refractivity contribution < 1.29 is 28.5 Å². The van der Waals surface area contributed by atoms with E-state index in [4.69, 9.17) is 25.8 Å². The fraction of sp³-hybridized carbons (Fsp3) is 0.467. The van der Waals surface area contributed by atoms with Crippen LogP contribution in [-0.2, 0) is 23.8 Å². The Balaban J connectivity index is 1.24. The van der Waals surface area contributed by atoms with Gasteiger partial charge in [-0.2, -0.15) is 0 Å². The predicted octanol–water partition coefficient (Wildman–Crippen LogP) is 6.71. The van der Waals surface area contributed by atoms with Crippen molar-refractivity contribution in [2.75, 3.05) is 19.7 Å². The molecule has 0 aliphatic carbocycles. The molecule has 220 valence electrons. The molecule has 3 heterocycles. The van der Waals surface area contributed by atoms with Crippen LogP contribution in [0.2, 0.25) is 30.7 Å². The van der Waals surface area contributed by atoms with Gasteiger partial charge in [0, 0.05) is 38.4 Å². The summed E-state index contributed by atoms with van der Waals surface area (Å²) in [6.45, 7) is 11.7. The van der Waals surface area contributed by atoms with Crippen LogP contribution in [-0.4, -0.2) is 53.3 Å². The second kappa shape index (κ2) is 11.8. The lowest BCUT2D eigenvalue weighted by Gasteiger charge is -2.32.